The van der Waals surface area contributed by atoms with E-state index in [1.165, 1.54) is 5.56 Å². The minimum absolute atomic E-state index is 0.527. The molecule has 2 heteroatoms. The summed E-state index contributed by atoms with van der Waals surface area (Å²) >= 11 is 0. The molecule has 1 aromatic carbocycles. The van der Waals surface area contributed by atoms with Gasteiger partial charge in [-0.3, -0.25) is 0 Å². The van der Waals surface area contributed by atoms with Crippen molar-refractivity contribution in [2.24, 2.45) is 0 Å². The lowest BCUT2D eigenvalue weighted by Gasteiger charge is -1.89. The molecule has 72 valence electrons. The van der Waals surface area contributed by atoms with Crippen LogP contribution in [-0.4, -0.2) is 6.29 Å². The van der Waals surface area contributed by atoms with Crippen LogP contribution in [0.15, 0.2) is 28.7 Å². The Hall–Kier alpha value is -1.57. The smallest absolute Gasteiger partial charge is 0.134 e. The van der Waals surface area contributed by atoms with Gasteiger partial charge in [0.2, 0.25) is 0 Å². The molecule has 0 saturated carbocycles. The molecule has 0 saturated heterocycles. The molecular formula is C12H12O2. The van der Waals surface area contributed by atoms with Crippen LogP contribution in [0.25, 0.3) is 11.0 Å². The monoisotopic (exact) mass is 188 g/mol. The van der Waals surface area contributed by atoms with Gasteiger partial charge in [0.1, 0.15) is 17.6 Å². The van der Waals surface area contributed by atoms with Crippen molar-refractivity contribution in [2.75, 3.05) is 0 Å². The standard InChI is InChI=1S/C12H12O2/c1-9-4-5-12-10(7-9)8-11(14-12)3-2-6-13/h4-8H,2-3H2,1H3. The highest BCUT2D eigenvalue weighted by atomic mass is 16.3. The number of furan rings is 1. The van der Waals surface area contributed by atoms with E-state index in [2.05, 4.69) is 13.0 Å². The first-order chi connectivity index (χ1) is 6.79. The Labute approximate surface area is 82.5 Å². The van der Waals surface area contributed by atoms with Crippen molar-refractivity contribution in [3.8, 4) is 0 Å². The van der Waals surface area contributed by atoms with Crippen LogP contribution in [-0.2, 0) is 11.2 Å². The van der Waals surface area contributed by atoms with Gasteiger partial charge in [-0.15, -0.1) is 0 Å². The largest absolute Gasteiger partial charge is 0.461 e. The molecule has 0 fully saturated rings. The van der Waals surface area contributed by atoms with Crippen molar-refractivity contribution in [1.29, 1.82) is 0 Å². The maximum Gasteiger partial charge on any atom is 0.134 e. The highest BCUT2D eigenvalue weighted by Crippen LogP contribution is 2.21. The first kappa shape index (κ1) is 9.00. The van der Waals surface area contributed by atoms with Gasteiger partial charge in [-0.25, -0.2) is 0 Å². The van der Waals surface area contributed by atoms with E-state index in [4.69, 9.17) is 4.42 Å². The third kappa shape index (κ3) is 1.69. The van der Waals surface area contributed by atoms with Crippen LogP contribution in [0.5, 0.6) is 0 Å². The van der Waals surface area contributed by atoms with Crippen molar-refractivity contribution >= 4 is 17.3 Å². The normalized spacial score (nSPS) is 10.6. The van der Waals surface area contributed by atoms with Gasteiger partial charge in [-0.05, 0) is 25.1 Å². The molecule has 0 amide bonds. The van der Waals surface area contributed by atoms with Crippen molar-refractivity contribution < 1.29 is 9.21 Å². The molecule has 2 rings (SSSR count). The lowest BCUT2D eigenvalue weighted by Crippen LogP contribution is -1.80. The fourth-order valence-electron chi connectivity index (χ4n) is 1.54. The van der Waals surface area contributed by atoms with Crippen LogP contribution in [0.3, 0.4) is 0 Å². The zero-order valence-electron chi connectivity index (χ0n) is 8.12. The van der Waals surface area contributed by atoms with E-state index < -0.39 is 0 Å². The van der Waals surface area contributed by atoms with E-state index in [-0.39, 0.29) is 0 Å². The summed E-state index contributed by atoms with van der Waals surface area (Å²) in [5.41, 5.74) is 2.12. The third-order valence-corrected chi connectivity index (χ3v) is 2.23. The first-order valence-electron chi connectivity index (χ1n) is 4.72. The zero-order chi connectivity index (χ0) is 9.97. The molecule has 2 aromatic rings. The SMILES string of the molecule is Cc1ccc2oc(CCC=O)cc2c1. The third-order valence-electron chi connectivity index (χ3n) is 2.23. The summed E-state index contributed by atoms with van der Waals surface area (Å²) in [6.45, 7) is 2.05. The molecule has 0 radical (unpaired) electrons. The number of aryl methyl sites for hydroxylation is 2. The summed E-state index contributed by atoms with van der Waals surface area (Å²) in [6.07, 6.45) is 2.13. The van der Waals surface area contributed by atoms with Crippen molar-refractivity contribution in [1.82, 2.24) is 0 Å². The number of carbonyl (C=O) groups excluding carboxylic acids is 1. The number of hydrogen-bond acceptors (Lipinski definition) is 2. The quantitative estimate of drug-likeness (QED) is 0.693. The van der Waals surface area contributed by atoms with Gasteiger partial charge in [0, 0.05) is 18.2 Å². The second-order valence-electron chi connectivity index (χ2n) is 3.46. The molecule has 0 bridgehead atoms. The molecule has 1 heterocycles. The Kier molecular flexibility index (Phi) is 2.35. The number of fused-ring (bicyclic) bond motifs is 1. The molecule has 0 N–H and O–H groups in total. The van der Waals surface area contributed by atoms with E-state index in [1.807, 2.05) is 18.2 Å². The van der Waals surface area contributed by atoms with Crippen LogP contribution >= 0.6 is 0 Å². The molecule has 0 aliphatic carbocycles. The van der Waals surface area contributed by atoms with Crippen LogP contribution < -0.4 is 0 Å². The second kappa shape index (κ2) is 3.66. The van der Waals surface area contributed by atoms with Crippen LogP contribution in [0.4, 0.5) is 0 Å². The Morgan fingerprint density at radius 2 is 2.21 bits per heavy atom. The predicted octanol–water partition coefficient (Wildman–Crippen LogP) is 2.87. The van der Waals surface area contributed by atoms with E-state index >= 15 is 0 Å². The number of hydrogen-bond donors (Lipinski definition) is 0. The topological polar surface area (TPSA) is 30.2 Å². The Bertz CT molecular complexity index is 454. The highest BCUT2D eigenvalue weighted by Gasteiger charge is 2.02. The number of benzene rings is 1. The number of carbonyl (C=O) groups is 1. The van der Waals surface area contributed by atoms with Crippen molar-refractivity contribution in [2.45, 2.75) is 19.8 Å². The number of aldehydes is 1. The Balaban J connectivity index is 2.36. The summed E-state index contributed by atoms with van der Waals surface area (Å²) in [6, 6.07) is 8.08. The van der Waals surface area contributed by atoms with E-state index in [9.17, 15) is 4.79 Å². The summed E-state index contributed by atoms with van der Waals surface area (Å²) in [4.78, 5) is 10.2. The summed E-state index contributed by atoms with van der Waals surface area (Å²) in [5.74, 6) is 0.887. The maximum atomic E-state index is 10.2. The molecule has 0 atom stereocenters. The lowest BCUT2D eigenvalue weighted by molar-refractivity contribution is -0.107. The second-order valence-corrected chi connectivity index (χ2v) is 3.46. The Morgan fingerprint density at radius 3 is 3.00 bits per heavy atom. The van der Waals surface area contributed by atoms with Gasteiger partial charge in [0.05, 0.1) is 0 Å². The fraction of sp³-hybridized carbons (Fsp3) is 0.250. The maximum absolute atomic E-state index is 10.2. The molecule has 14 heavy (non-hydrogen) atoms. The lowest BCUT2D eigenvalue weighted by atomic mass is 10.2. The fourth-order valence-corrected chi connectivity index (χ4v) is 1.54. The van der Waals surface area contributed by atoms with Gasteiger partial charge in [-0.2, -0.15) is 0 Å². The van der Waals surface area contributed by atoms with E-state index in [0.29, 0.717) is 12.8 Å². The molecule has 0 aliphatic heterocycles. The van der Waals surface area contributed by atoms with Crippen LogP contribution in [0, 0.1) is 6.92 Å². The van der Waals surface area contributed by atoms with Crippen LogP contribution in [0.1, 0.15) is 17.7 Å². The summed E-state index contributed by atoms with van der Waals surface area (Å²) in [7, 11) is 0. The number of rotatable bonds is 3. The minimum atomic E-state index is 0.527. The van der Waals surface area contributed by atoms with E-state index in [0.717, 1.165) is 23.0 Å². The van der Waals surface area contributed by atoms with Gasteiger partial charge in [0.25, 0.3) is 0 Å². The van der Waals surface area contributed by atoms with Gasteiger partial charge >= 0.3 is 0 Å². The molecule has 2 nitrogen and oxygen atoms in total. The van der Waals surface area contributed by atoms with E-state index in [1.54, 1.807) is 0 Å². The van der Waals surface area contributed by atoms with Crippen molar-refractivity contribution in [3.63, 3.8) is 0 Å². The molecular weight excluding hydrogens is 176 g/mol. The average molecular weight is 188 g/mol. The molecule has 0 spiro atoms. The molecule has 0 unspecified atom stereocenters. The predicted molar refractivity (Wildman–Crippen MR) is 55.3 cm³/mol. The van der Waals surface area contributed by atoms with Crippen LogP contribution in [0.2, 0.25) is 0 Å². The zero-order valence-corrected chi connectivity index (χ0v) is 8.12. The molecule has 1 aromatic heterocycles. The minimum Gasteiger partial charge on any atom is -0.461 e. The first-order valence-corrected chi connectivity index (χ1v) is 4.72. The summed E-state index contributed by atoms with van der Waals surface area (Å²) < 4.78 is 5.57. The van der Waals surface area contributed by atoms with Gasteiger partial charge in [-0.1, -0.05) is 11.6 Å². The Morgan fingerprint density at radius 1 is 1.36 bits per heavy atom. The highest BCUT2D eigenvalue weighted by molar-refractivity contribution is 5.78. The molecule has 0 aliphatic rings. The van der Waals surface area contributed by atoms with Crippen molar-refractivity contribution in [3.05, 3.63) is 35.6 Å². The summed E-state index contributed by atoms with van der Waals surface area (Å²) in [5, 5.41) is 1.12. The van der Waals surface area contributed by atoms with Gasteiger partial charge < -0.3 is 9.21 Å². The average Bonchev–Trinajstić information content (AvgIpc) is 2.56. The van der Waals surface area contributed by atoms with Gasteiger partial charge in [0.15, 0.2) is 0 Å².